The molecule has 0 N–H and O–H groups in total. The molecule has 4 rings (SSSR count). The fourth-order valence-electron chi connectivity index (χ4n) is 4.64. The third-order valence-corrected chi connectivity index (χ3v) is 7.17. The van der Waals surface area contributed by atoms with E-state index in [0.717, 1.165) is 0 Å². The van der Waals surface area contributed by atoms with E-state index in [-0.39, 0.29) is 17.3 Å². The standard InChI is InChI=1S/C37H36O6/c1-36(2,43-35(41)31-22-18-29(19-23-31)33(39)27-14-9-6-10-15-27)24-11-25-42-37(3,4)34(40)30-20-16-28(17-21-30)32(38)26-12-7-5-8-13-26/h5-10,12-23H,11,24-25H2,1-4H3. The van der Waals surface area contributed by atoms with Crippen LogP contribution in [0.4, 0.5) is 0 Å². The predicted molar refractivity (Wildman–Crippen MR) is 166 cm³/mol. The maximum absolute atomic E-state index is 13.2. The first-order chi connectivity index (χ1) is 20.5. The van der Waals surface area contributed by atoms with Crippen LogP contribution in [0.25, 0.3) is 0 Å². The highest BCUT2D eigenvalue weighted by Gasteiger charge is 2.30. The van der Waals surface area contributed by atoms with Gasteiger partial charge in [0.1, 0.15) is 11.2 Å². The lowest BCUT2D eigenvalue weighted by Crippen LogP contribution is -2.36. The number of ketones is 3. The number of Topliss-reactive ketones (excluding diaryl/α,β-unsaturated/α-hetero) is 1. The van der Waals surface area contributed by atoms with Crippen molar-refractivity contribution in [2.24, 2.45) is 0 Å². The SMILES string of the molecule is CC(C)(CCCOC(C)(C)C(=O)c1ccc(C(=O)c2ccccc2)cc1)OC(=O)c1ccc(C(=O)c2ccccc2)cc1. The van der Waals surface area contributed by atoms with Crippen LogP contribution >= 0.6 is 0 Å². The monoisotopic (exact) mass is 576 g/mol. The summed E-state index contributed by atoms with van der Waals surface area (Å²) in [7, 11) is 0. The van der Waals surface area contributed by atoms with Gasteiger partial charge in [-0.2, -0.15) is 0 Å². The van der Waals surface area contributed by atoms with E-state index in [4.69, 9.17) is 9.47 Å². The van der Waals surface area contributed by atoms with E-state index in [1.54, 1.807) is 98.8 Å². The molecule has 0 saturated heterocycles. The van der Waals surface area contributed by atoms with Gasteiger partial charge in [0.05, 0.1) is 5.56 Å². The summed E-state index contributed by atoms with van der Waals surface area (Å²) in [5, 5.41) is 0. The first kappa shape index (κ1) is 31.3. The molecule has 0 spiro atoms. The van der Waals surface area contributed by atoms with Crippen molar-refractivity contribution in [1.29, 1.82) is 0 Å². The lowest BCUT2D eigenvalue weighted by molar-refractivity contribution is -0.0246. The molecule has 0 unspecified atom stereocenters. The van der Waals surface area contributed by atoms with Crippen LogP contribution in [-0.4, -0.2) is 41.1 Å². The zero-order valence-electron chi connectivity index (χ0n) is 25.0. The Labute approximate surface area is 252 Å². The highest BCUT2D eigenvalue weighted by molar-refractivity contribution is 6.10. The molecule has 0 aromatic heterocycles. The van der Waals surface area contributed by atoms with Crippen molar-refractivity contribution in [1.82, 2.24) is 0 Å². The van der Waals surface area contributed by atoms with E-state index in [1.165, 1.54) is 0 Å². The lowest BCUT2D eigenvalue weighted by atomic mass is 9.94. The highest BCUT2D eigenvalue weighted by Crippen LogP contribution is 2.23. The van der Waals surface area contributed by atoms with Gasteiger partial charge in [0.2, 0.25) is 0 Å². The summed E-state index contributed by atoms with van der Waals surface area (Å²) in [6.45, 7) is 7.38. The van der Waals surface area contributed by atoms with Gasteiger partial charge in [-0.1, -0.05) is 97.1 Å². The van der Waals surface area contributed by atoms with Crippen LogP contribution in [0.2, 0.25) is 0 Å². The average Bonchev–Trinajstić information content (AvgIpc) is 3.03. The van der Waals surface area contributed by atoms with Gasteiger partial charge in [0.15, 0.2) is 17.3 Å². The summed E-state index contributed by atoms with van der Waals surface area (Å²) >= 11 is 0. The van der Waals surface area contributed by atoms with Crippen LogP contribution in [0.5, 0.6) is 0 Å². The van der Waals surface area contributed by atoms with E-state index >= 15 is 0 Å². The molecule has 0 atom stereocenters. The average molecular weight is 577 g/mol. The van der Waals surface area contributed by atoms with Crippen LogP contribution < -0.4 is 0 Å². The van der Waals surface area contributed by atoms with Crippen LogP contribution in [0, 0.1) is 0 Å². The minimum atomic E-state index is -1.08. The van der Waals surface area contributed by atoms with Gasteiger partial charge in [0.25, 0.3) is 0 Å². The Bertz CT molecular complexity index is 1570. The van der Waals surface area contributed by atoms with Gasteiger partial charge in [0, 0.05) is 34.4 Å². The molecular weight excluding hydrogens is 540 g/mol. The van der Waals surface area contributed by atoms with Crippen molar-refractivity contribution in [2.75, 3.05) is 6.61 Å². The smallest absolute Gasteiger partial charge is 0.338 e. The molecule has 4 aromatic carbocycles. The number of carbonyl (C=O) groups excluding carboxylic acids is 4. The fraction of sp³-hybridized carbons (Fsp3) is 0.243. The molecule has 0 aliphatic rings. The maximum Gasteiger partial charge on any atom is 0.338 e. The normalized spacial score (nSPS) is 11.5. The Balaban J connectivity index is 1.25. The maximum atomic E-state index is 13.2. The third-order valence-electron chi connectivity index (χ3n) is 7.17. The molecule has 0 amide bonds. The van der Waals surface area contributed by atoms with Gasteiger partial charge < -0.3 is 9.47 Å². The molecule has 0 radical (unpaired) electrons. The molecule has 0 aliphatic heterocycles. The number of rotatable bonds is 13. The van der Waals surface area contributed by atoms with E-state index < -0.39 is 17.2 Å². The predicted octanol–water partition coefficient (Wildman–Crippen LogP) is 7.54. The Morgan fingerprint density at radius 3 is 1.40 bits per heavy atom. The van der Waals surface area contributed by atoms with Crippen LogP contribution in [0.1, 0.15) is 93.1 Å². The first-order valence-corrected chi connectivity index (χ1v) is 14.3. The lowest BCUT2D eigenvalue weighted by Gasteiger charge is -2.27. The number of hydrogen-bond acceptors (Lipinski definition) is 6. The Morgan fingerprint density at radius 1 is 0.535 bits per heavy atom. The first-order valence-electron chi connectivity index (χ1n) is 14.3. The van der Waals surface area contributed by atoms with Crippen LogP contribution in [0.3, 0.4) is 0 Å². The molecule has 6 nitrogen and oxygen atoms in total. The van der Waals surface area contributed by atoms with Crippen molar-refractivity contribution in [3.8, 4) is 0 Å². The van der Waals surface area contributed by atoms with Crippen molar-refractivity contribution >= 4 is 23.3 Å². The summed E-state index contributed by atoms with van der Waals surface area (Å²) in [5.41, 5.74) is 1.14. The minimum Gasteiger partial charge on any atom is -0.456 e. The summed E-state index contributed by atoms with van der Waals surface area (Å²) in [5.74, 6) is -0.883. The van der Waals surface area contributed by atoms with Gasteiger partial charge >= 0.3 is 5.97 Å². The number of carbonyl (C=O) groups is 4. The summed E-state index contributed by atoms with van der Waals surface area (Å²) < 4.78 is 11.7. The number of hydrogen-bond donors (Lipinski definition) is 0. The molecule has 0 heterocycles. The largest absolute Gasteiger partial charge is 0.456 e. The number of ether oxygens (including phenoxy) is 2. The molecule has 0 saturated carbocycles. The molecular formula is C37H36O6. The van der Waals surface area contributed by atoms with E-state index in [0.29, 0.717) is 52.8 Å². The van der Waals surface area contributed by atoms with Crippen molar-refractivity contribution < 1.29 is 28.7 Å². The second kappa shape index (κ2) is 13.5. The molecule has 4 aromatic rings. The zero-order valence-corrected chi connectivity index (χ0v) is 25.0. The fourth-order valence-corrected chi connectivity index (χ4v) is 4.64. The van der Waals surface area contributed by atoms with Gasteiger partial charge in [-0.3, -0.25) is 14.4 Å². The van der Waals surface area contributed by atoms with Crippen molar-refractivity contribution in [3.63, 3.8) is 0 Å². The summed E-state index contributed by atoms with van der Waals surface area (Å²) in [6.07, 6.45) is 1.08. The Kier molecular flexibility index (Phi) is 9.84. The molecule has 0 fully saturated rings. The summed E-state index contributed by atoms with van der Waals surface area (Å²) in [6, 6.07) is 31.0. The minimum absolute atomic E-state index is 0.103. The highest BCUT2D eigenvalue weighted by atomic mass is 16.6. The quantitative estimate of drug-likeness (QED) is 0.0928. The Hall–Kier alpha value is -4.68. The molecule has 43 heavy (non-hydrogen) atoms. The number of esters is 1. The molecule has 6 heteroatoms. The van der Waals surface area contributed by atoms with Crippen LogP contribution in [-0.2, 0) is 9.47 Å². The third kappa shape index (κ3) is 8.21. The van der Waals surface area contributed by atoms with E-state index in [1.807, 2.05) is 38.1 Å². The van der Waals surface area contributed by atoms with E-state index in [2.05, 4.69) is 0 Å². The van der Waals surface area contributed by atoms with Crippen molar-refractivity contribution in [3.05, 3.63) is 143 Å². The Morgan fingerprint density at radius 2 is 0.930 bits per heavy atom. The van der Waals surface area contributed by atoms with Gasteiger partial charge in [-0.05, 0) is 52.7 Å². The molecule has 0 bridgehead atoms. The zero-order chi connectivity index (χ0) is 31.0. The van der Waals surface area contributed by atoms with Crippen LogP contribution in [0.15, 0.2) is 109 Å². The topological polar surface area (TPSA) is 86.7 Å². The summed E-state index contributed by atoms with van der Waals surface area (Å²) in [4.78, 5) is 51.2. The number of benzene rings is 4. The second-order valence-corrected chi connectivity index (χ2v) is 11.5. The van der Waals surface area contributed by atoms with Gasteiger partial charge in [-0.25, -0.2) is 4.79 Å². The second-order valence-electron chi connectivity index (χ2n) is 11.5. The molecule has 220 valence electrons. The van der Waals surface area contributed by atoms with E-state index in [9.17, 15) is 19.2 Å². The molecule has 0 aliphatic carbocycles. The van der Waals surface area contributed by atoms with Crippen molar-refractivity contribution in [2.45, 2.75) is 51.7 Å². The van der Waals surface area contributed by atoms with Gasteiger partial charge in [-0.15, -0.1) is 0 Å².